The molecule has 1 spiro atoms. The van der Waals surface area contributed by atoms with Crippen molar-refractivity contribution in [3.63, 3.8) is 0 Å². The summed E-state index contributed by atoms with van der Waals surface area (Å²) in [5, 5.41) is 2.04. The number of rotatable bonds is 6. The number of alkyl halides is 4. The Labute approximate surface area is 250 Å². The Morgan fingerprint density at radius 2 is 1.86 bits per heavy atom. The van der Waals surface area contributed by atoms with Gasteiger partial charge in [-0.05, 0) is 50.1 Å². The summed E-state index contributed by atoms with van der Waals surface area (Å²) in [4.78, 5) is 57.2. The molecule has 44 heavy (non-hydrogen) atoms. The van der Waals surface area contributed by atoms with Crippen LogP contribution in [0.15, 0.2) is 36.4 Å². The number of H-pyrrole nitrogens is 1. The van der Waals surface area contributed by atoms with Crippen LogP contribution < -0.4 is 11.1 Å². The molecule has 1 aromatic heterocycles. The number of anilines is 1. The summed E-state index contributed by atoms with van der Waals surface area (Å²) in [6.07, 6.45) is -6.23. The van der Waals surface area contributed by atoms with Crippen molar-refractivity contribution >= 4 is 40.2 Å². The maximum atomic E-state index is 15.3. The smallest absolute Gasteiger partial charge is 0.368 e. The topological polar surface area (TPSA) is 129 Å². The number of carbonyl (C=O) groups excluding carboxylic acids is 4. The van der Waals surface area contributed by atoms with Crippen molar-refractivity contribution in [2.24, 2.45) is 5.73 Å². The Morgan fingerprint density at radius 1 is 1.16 bits per heavy atom. The zero-order valence-electron chi connectivity index (χ0n) is 26.1. The fourth-order valence-corrected chi connectivity index (χ4v) is 5.84. The quantitative estimate of drug-likeness (QED) is 0.357. The minimum atomic E-state index is -4.76. The summed E-state index contributed by atoms with van der Waals surface area (Å²) < 4.78 is 108. The number of aromatic amines is 1. The van der Waals surface area contributed by atoms with Gasteiger partial charge in [0.2, 0.25) is 17.7 Å². The number of hydrogen-bond donors (Lipinski definition) is 3. The zero-order chi connectivity index (χ0) is 35.0. The fourth-order valence-electron chi connectivity index (χ4n) is 5.84. The lowest BCUT2D eigenvalue weighted by atomic mass is 9.79. The number of primary amides is 1. The normalized spacial score (nSPS) is 21.9. The van der Waals surface area contributed by atoms with Gasteiger partial charge in [0.25, 0.3) is 5.91 Å². The van der Waals surface area contributed by atoms with E-state index in [4.69, 9.17) is 9.85 Å². The van der Waals surface area contributed by atoms with Gasteiger partial charge in [0.1, 0.15) is 35.1 Å². The number of benzene rings is 2. The van der Waals surface area contributed by atoms with Gasteiger partial charge in [0.05, 0.1) is 16.5 Å². The van der Waals surface area contributed by atoms with Gasteiger partial charge >= 0.3 is 6.18 Å². The van der Waals surface area contributed by atoms with Gasteiger partial charge in [-0.15, -0.1) is 0 Å². The van der Waals surface area contributed by atoms with Gasteiger partial charge in [-0.3, -0.25) is 19.2 Å². The molecule has 1 saturated heterocycles. The molecule has 3 aromatic rings. The lowest BCUT2D eigenvalue weighted by molar-refractivity contribution is -0.142. The van der Waals surface area contributed by atoms with Gasteiger partial charge in [0.15, 0.2) is 0 Å². The molecule has 0 bridgehead atoms. The molecule has 3 atom stereocenters. The Bertz CT molecular complexity index is 1820. The lowest BCUT2D eigenvalue weighted by Crippen LogP contribution is -2.55. The minimum Gasteiger partial charge on any atom is -0.368 e. The van der Waals surface area contributed by atoms with E-state index in [1.54, 1.807) is 0 Å². The first-order valence-electron chi connectivity index (χ1n) is 14.7. The number of nitrogens with one attached hydrogen (secondary N) is 2. The fraction of sp³-hybridized carbons (Fsp3) is 0.379. The molecule has 0 unspecified atom stereocenters. The van der Waals surface area contributed by atoms with Gasteiger partial charge in [0, 0.05) is 41.2 Å². The van der Waals surface area contributed by atoms with Crippen molar-refractivity contribution in [2.75, 3.05) is 18.8 Å². The Balaban J connectivity index is 1.59. The molecule has 2 aromatic carbocycles. The molecule has 0 saturated carbocycles. The highest BCUT2D eigenvalue weighted by Crippen LogP contribution is 2.48. The van der Waals surface area contributed by atoms with E-state index in [0.29, 0.717) is 18.2 Å². The minimum absolute atomic E-state index is 0.00973. The number of nitrogens with two attached hydrogens (primary N) is 1. The van der Waals surface area contributed by atoms with Crippen LogP contribution >= 0.6 is 0 Å². The first-order chi connectivity index (χ1) is 21.5. The number of aromatic nitrogens is 1. The summed E-state index contributed by atoms with van der Waals surface area (Å²) >= 11 is 0. The standard InChI is InChI=1S/C29H27F6N5O4/c1-27(2,32)10-22(39(3)24(42)20-9-15-17(31)7-14(30)8-18(15)37-20)25(43)40-12-28(11-21(40)23(36)41)16-5-4-13(29(33,34)35)6-19(16)38-26(28)44/h4-9,21-22,37H,10-12H2,1-3H3,(H2,36,41)(H,38,44)/t21-,22-,28-/m0/s1/i3D3. The number of hydrogen-bond acceptors (Lipinski definition) is 4. The number of fused-ring (bicyclic) bond motifs is 3. The summed E-state index contributed by atoms with van der Waals surface area (Å²) in [6.45, 7) is -2.17. The van der Waals surface area contributed by atoms with Crippen molar-refractivity contribution in [1.29, 1.82) is 0 Å². The second-order valence-corrected chi connectivity index (χ2v) is 11.5. The molecule has 2 aliphatic rings. The number of likely N-dealkylation sites (N-methyl/N-ethyl adjacent to an activating group) is 1. The molecular weight excluding hydrogens is 596 g/mol. The third-order valence-corrected chi connectivity index (χ3v) is 7.89. The third-order valence-electron chi connectivity index (χ3n) is 7.89. The van der Waals surface area contributed by atoms with E-state index >= 15 is 4.39 Å². The van der Waals surface area contributed by atoms with E-state index in [-0.39, 0.29) is 27.1 Å². The van der Waals surface area contributed by atoms with E-state index in [9.17, 15) is 41.1 Å². The predicted octanol–water partition coefficient (Wildman–Crippen LogP) is 4.02. The van der Waals surface area contributed by atoms with Crippen LogP contribution in [0.4, 0.5) is 32.0 Å². The van der Waals surface area contributed by atoms with Gasteiger partial charge < -0.3 is 25.8 Å². The highest BCUT2D eigenvalue weighted by atomic mass is 19.4. The van der Waals surface area contributed by atoms with Crippen molar-refractivity contribution in [3.05, 3.63) is 64.9 Å². The Morgan fingerprint density at radius 3 is 2.48 bits per heavy atom. The van der Waals surface area contributed by atoms with E-state index in [2.05, 4.69) is 10.3 Å². The van der Waals surface area contributed by atoms with Crippen LogP contribution in [-0.2, 0) is 26.0 Å². The number of halogens is 6. The number of nitrogens with zero attached hydrogens (tertiary/aromatic N) is 2. The van der Waals surface area contributed by atoms with Crippen LogP contribution in [0.2, 0.25) is 0 Å². The lowest BCUT2D eigenvalue weighted by Gasteiger charge is -2.35. The van der Waals surface area contributed by atoms with E-state index in [1.807, 2.05) is 0 Å². The van der Waals surface area contributed by atoms with Crippen LogP contribution in [0.3, 0.4) is 0 Å². The van der Waals surface area contributed by atoms with Crippen molar-refractivity contribution in [3.8, 4) is 0 Å². The number of carbonyl (C=O) groups is 4. The van der Waals surface area contributed by atoms with Gasteiger partial charge in [-0.25, -0.2) is 13.2 Å². The first kappa shape index (κ1) is 27.0. The molecule has 0 radical (unpaired) electrons. The van der Waals surface area contributed by atoms with Gasteiger partial charge in [-0.2, -0.15) is 13.2 Å². The molecule has 4 N–H and O–H groups in total. The molecule has 234 valence electrons. The van der Waals surface area contributed by atoms with E-state index < -0.39 is 102 Å². The predicted molar refractivity (Wildman–Crippen MR) is 145 cm³/mol. The molecule has 4 amide bonds. The molecular formula is C29H27F6N5O4. The first-order valence-corrected chi connectivity index (χ1v) is 13.2. The van der Waals surface area contributed by atoms with Crippen LogP contribution in [0.5, 0.6) is 0 Å². The maximum Gasteiger partial charge on any atom is 0.416 e. The molecule has 2 aliphatic heterocycles. The summed E-state index contributed by atoms with van der Waals surface area (Å²) in [6, 6.07) is 0.846. The summed E-state index contributed by atoms with van der Waals surface area (Å²) in [5.41, 5.74) is -0.671. The third kappa shape index (κ3) is 5.24. The largest absolute Gasteiger partial charge is 0.416 e. The number of likely N-dealkylation sites (tertiary alicyclic amines) is 1. The highest BCUT2D eigenvalue weighted by Gasteiger charge is 2.58. The monoisotopic (exact) mass is 626 g/mol. The van der Waals surface area contributed by atoms with Crippen molar-refractivity contribution in [2.45, 2.75) is 56.0 Å². The van der Waals surface area contributed by atoms with Crippen molar-refractivity contribution < 1.29 is 49.6 Å². The zero-order valence-corrected chi connectivity index (χ0v) is 23.1. The van der Waals surface area contributed by atoms with Crippen LogP contribution in [0.25, 0.3) is 10.9 Å². The summed E-state index contributed by atoms with van der Waals surface area (Å²) in [7, 11) is 0. The molecule has 15 heteroatoms. The molecule has 0 aliphatic carbocycles. The highest BCUT2D eigenvalue weighted by molar-refractivity contribution is 6.08. The average molecular weight is 627 g/mol. The summed E-state index contributed by atoms with van der Waals surface area (Å²) in [5.74, 6) is -6.87. The van der Waals surface area contributed by atoms with E-state index in [0.717, 1.165) is 36.9 Å². The molecule has 1 fully saturated rings. The van der Waals surface area contributed by atoms with Crippen LogP contribution in [0, 0.1) is 11.6 Å². The van der Waals surface area contributed by atoms with Gasteiger partial charge in [-0.1, -0.05) is 6.07 Å². The molecule has 3 heterocycles. The second-order valence-electron chi connectivity index (χ2n) is 11.5. The van der Waals surface area contributed by atoms with Crippen molar-refractivity contribution in [1.82, 2.24) is 14.8 Å². The van der Waals surface area contributed by atoms with Crippen LogP contribution in [-0.4, -0.2) is 69.7 Å². The second kappa shape index (κ2) is 10.3. The Kier molecular flexibility index (Phi) is 6.31. The number of amides is 4. The average Bonchev–Trinajstić information content (AvgIpc) is 3.60. The SMILES string of the molecule is [2H]C([2H])([2H])N(C(=O)c1cc2c(F)cc(F)cc2[nH]1)[C@@H](CC(C)(C)F)C(=O)N1C[C@]2(C[C@H]1C(N)=O)C(=O)Nc1cc(C(F)(F)F)ccc12. The molecule has 5 rings (SSSR count). The van der Waals surface area contributed by atoms with E-state index in [1.165, 1.54) is 0 Å². The maximum absolute atomic E-state index is 15.3. The Hall–Kier alpha value is -4.56. The molecule has 9 nitrogen and oxygen atoms in total. The van der Waals surface area contributed by atoms with Crippen LogP contribution in [0.1, 0.15) is 52.4 Å².